The lowest BCUT2D eigenvalue weighted by atomic mass is 10.1. The van der Waals surface area contributed by atoms with Crippen molar-refractivity contribution in [3.8, 4) is 5.75 Å². The summed E-state index contributed by atoms with van der Waals surface area (Å²) in [6, 6.07) is 6.20. The molecule has 0 aliphatic heterocycles. The van der Waals surface area contributed by atoms with Crippen LogP contribution >= 0.6 is 15.9 Å². The van der Waals surface area contributed by atoms with Crippen LogP contribution in [0.25, 0.3) is 0 Å². The zero-order valence-corrected chi connectivity index (χ0v) is 11.0. The van der Waals surface area contributed by atoms with Gasteiger partial charge < -0.3 is 9.47 Å². The quantitative estimate of drug-likeness (QED) is 0.766. The fourth-order valence-electron chi connectivity index (χ4n) is 1.41. The van der Waals surface area contributed by atoms with E-state index < -0.39 is 0 Å². The van der Waals surface area contributed by atoms with Gasteiger partial charge in [-0.2, -0.15) is 0 Å². The number of halogens is 1. The third-order valence-electron chi connectivity index (χ3n) is 2.09. The van der Waals surface area contributed by atoms with Gasteiger partial charge in [0, 0.05) is 18.0 Å². The molecule has 0 N–H and O–H groups in total. The Hall–Kier alpha value is -0.540. The van der Waals surface area contributed by atoms with Gasteiger partial charge in [-0.25, -0.2) is 0 Å². The Balaban J connectivity index is 2.75. The van der Waals surface area contributed by atoms with Crippen molar-refractivity contribution in [2.24, 2.45) is 0 Å². The van der Waals surface area contributed by atoms with E-state index in [-0.39, 0.29) is 6.10 Å². The fraction of sp³-hybridized carbons (Fsp3) is 0.500. The molecule has 84 valence electrons. The van der Waals surface area contributed by atoms with Crippen LogP contribution in [-0.4, -0.2) is 19.8 Å². The lowest BCUT2D eigenvalue weighted by Crippen LogP contribution is -2.18. The van der Waals surface area contributed by atoms with Crippen LogP contribution in [-0.2, 0) is 10.1 Å². The molecule has 0 spiro atoms. The predicted octanol–water partition coefficient (Wildman–Crippen LogP) is 3.30. The van der Waals surface area contributed by atoms with Crippen LogP contribution in [0.4, 0.5) is 0 Å². The molecule has 1 unspecified atom stereocenters. The second kappa shape index (κ2) is 6.13. The first-order chi connectivity index (χ1) is 7.17. The van der Waals surface area contributed by atoms with Crippen molar-refractivity contribution >= 4 is 15.9 Å². The minimum absolute atomic E-state index is 0.0792. The molecular formula is C12H17BrO2. The van der Waals surface area contributed by atoms with Crippen LogP contribution in [0.5, 0.6) is 5.75 Å². The maximum absolute atomic E-state index is 5.78. The van der Waals surface area contributed by atoms with E-state index in [9.17, 15) is 0 Å². The average Bonchev–Trinajstić information content (AvgIpc) is 2.21. The summed E-state index contributed by atoms with van der Waals surface area (Å²) in [7, 11) is 1.68. The second-order valence-electron chi connectivity index (χ2n) is 3.63. The van der Waals surface area contributed by atoms with Gasteiger partial charge in [0.05, 0.1) is 6.61 Å². The summed E-state index contributed by atoms with van der Waals surface area (Å²) in [5.74, 6) is 0.932. The van der Waals surface area contributed by atoms with Crippen molar-refractivity contribution in [3.63, 3.8) is 0 Å². The highest BCUT2D eigenvalue weighted by Crippen LogP contribution is 2.23. The number of hydrogen-bond acceptors (Lipinski definition) is 2. The molecule has 3 heteroatoms. The summed E-state index contributed by atoms with van der Waals surface area (Å²) in [6.07, 6.45) is 0.0792. The van der Waals surface area contributed by atoms with E-state index in [2.05, 4.69) is 35.0 Å². The zero-order valence-electron chi connectivity index (χ0n) is 9.42. The molecule has 0 bridgehead atoms. The standard InChI is InChI=1S/C12H17BrO2/c1-9-4-5-12(11(6-9)7-13)15-10(2)8-14-3/h4-6,10H,7-8H2,1-3H3. The Morgan fingerprint density at radius 3 is 2.73 bits per heavy atom. The van der Waals surface area contributed by atoms with E-state index in [1.807, 2.05) is 13.0 Å². The summed E-state index contributed by atoms with van der Waals surface area (Å²) < 4.78 is 10.8. The summed E-state index contributed by atoms with van der Waals surface area (Å²) in [5.41, 5.74) is 2.43. The molecule has 2 nitrogen and oxygen atoms in total. The van der Waals surface area contributed by atoms with Crippen LogP contribution in [0.15, 0.2) is 18.2 Å². The van der Waals surface area contributed by atoms with Crippen LogP contribution in [0.3, 0.4) is 0 Å². The summed E-state index contributed by atoms with van der Waals surface area (Å²) in [5, 5.41) is 0.809. The number of ether oxygens (including phenoxy) is 2. The Bertz CT molecular complexity index is 312. The molecule has 0 aliphatic rings. The first-order valence-electron chi connectivity index (χ1n) is 4.98. The molecule has 0 saturated heterocycles. The number of rotatable bonds is 5. The molecule has 0 amide bonds. The van der Waals surface area contributed by atoms with Crippen LogP contribution in [0, 0.1) is 6.92 Å². The van der Waals surface area contributed by atoms with Crippen molar-refractivity contribution < 1.29 is 9.47 Å². The van der Waals surface area contributed by atoms with Gasteiger partial charge in [-0.3, -0.25) is 0 Å². The van der Waals surface area contributed by atoms with Gasteiger partial charge in [-0.1, -0.05) is 33.6 Å². The molecule has 1 aromatic carbocycles. The van der Waals surface area contributed by atoms with Crippen LogP contribution in [0.1, 0.15) is 18.1 Å². The van der Waals surface area contributed by atoms with Crippen LogP contribution < -0.4 is 4.74 Å². The number of methoxy groups -OCH3 is 1. The molecule has 0 fully saturated rings. The van der Waals surface area contributed by atoms with Gasteiger partial charge in [0.2, 0.25) is 0 Å². The second-order valence-corrected chi connectivity index (χ2v) is 4.19. The van der Waals surface area contributed by atoms with E-state index in [1.54, 1.807) is 7.11 Å². The minimum atomic E-state index is 0.0792. The summed E-state index contributed by atoms with van der Waals surface area (Å²) in [4.78, 5) is 0. The van der Waals surface area contributed by atoms with Crippen LogP contribution in [0.2, 0.25) is 0 Å². The fourth-order valence-corrected chi connectivity index (χ4v) is 1.85. The molecule has 1 rings (SSSR count). The highest BCUT2D eigenvalue weighted by Gasteiger charge is 2.07. The number of benzene rings is 1. The van der Waals surface area contributed by atoms with Crippen molar-refractivity contribution in [3.05, 3.63) is 29.3 Å². The summed E-state index contributed by atoms with van der Waals surface area (Å²) >= 11 is 3.46. The zero-order chi connectivity index (χ0) is 11.3. The van der Waals surface area contributed by atoms with Crippen molar-refractivity contribution in [1.29, 1.82) is 0 Å². The molecule has 15 heavy (non-hydrogen) atoms. The van der Waals surface area contributed by atoms with Gasteiger partial charge in [-0.05, 0) is 19.9 Å². The van der Waals surface area contributed by atoms with E-state index >= 15 is 0 Å². The van der Waals surface area contributed by atoms with Gasteiger partial charge in [0.25, 0.3) is 0 Å². The predicted molar refractivity (Wildman–Crippen MR) is 65.8 cm³/mol. The monoisotopic (exact) mass is 272 g/mol. The highest BCUT2D eigenvalue weighted by molar-refractivity contribution is 9.08. The van der Waals surface area contributed by atoms with E-state index in [4.69, 9.17) is 9.47 Å². The molecular weight excluding hydrogens is 256 g/mol. The lowest BCUT2D eigenvalue weighted by molar-refractivity contribution is 0.0916. The Morgan fingerprint density at radius 1 is 1.40 bits per heavy atom. The molecule has 0 aromatic heterocycles. The first-order valence-corrected chi connectivity index (χ1v) is 6.10. The molecule has 0 saturated carbocycles. The third-order valence-corrected chi connectivity index (χ3v) is 2.69. The highest BCUT2D eigenvalue weighted by atomic mass is 79.9. The maximum atomic E-state index is 5.78. The number of aryl methyl sites for hydroxylation is 1. The van der Waals surface area contributed by atoms with E-state index in [1.165, 1.54) is 11.1 Å². The molecule has 0 aliphatic carbocycles. The summed E-state index contributed by atoms with van der Waals surface area (Å²) in [6.45, 7) is 4.69. The smallest absolute Gasteiger partial charge is 0.123 e. The van der Waals surface area contributed by atoms with Gasteiger partial charge >= 0.3 is 0 Å². The Kier molecular flexibility index (Phi) is 5.12. The SMILES string of the molecule is COCC(C)Oc1ccc(C)cc1CBr. The maximum Gasteiger partial charge on any atom is 0.123 e. The Morgan fingerprint density at radius 2 is 2.13 bits per heavy atom. The first kappa shape index (κ1) is 12.5. The molecule has 1 aromatic rings. The van der Waals surface area contributed by atoms with E-state index in [0.29, 0.717) is 6.61 Å². The van der Waals surface area contributed by atoms with Crippen molar-refractivity contribution in [1.82, 2.24) is 0 Å². The van der Waals surface area contributed by atoms with Gasteiger partial charge in [0.1, 0.15) is 11.9 Å². The lowest BCUT2D eigenvalue weighted by Gasteiger charge is -2.16. The number of alkyl halides is 1. The minimum Gasteiger partial charge on any atom is -0.488 e. The normalized spacial score (nSPS) is 12.5. The van der Waals surface area contributed by atoms with Crippen molar-refractivity contribution in [2.45, 2.75) is 25.3 Å². The average molecular weight is 273 g/mol. The third kappa shape index (κ3) is 3.84. The largest absolute Gasteiger partial charge is 0.488 e. The molecule has 1 atom stereocenters. The van der Waals surface area contributed by atoms with E-state index in [0.717, 1.165) is 11.1 Å². The topological polar surface area (TPSA) is 18.5 Å². The van der Waals surface area contributed by atoms with Crippen molar-refractivity contribution in [2.75, 3.05) is 13.7 Å². The molecule has 0 heterocycles. The van der Waals surface area contributed by atoms with Gasteiger partial charge in [0.15, 0.2) is 0 Å². The Labute approximate surface area is 99.7 Å². The van der Waals surface area contributed by atoms with Gasteiger partial charge in [-0.15, -0.1) is 0 Å². The molecule has 0 radical (unpaired) electrons. The number of hydrogen-bond donors (Lipinski definition) is 0.